The summed E-state index contributed by atoms with van der Waals surface area (Å²) in [6.45, 7) is 8.05. The summed E-state index contributed by atoms with van der Waals surface area (Å²) in [4.78, 5) is 37.1. The Morgan fingerprint density at radius 1 is 0.829 bits per heavy atom. The lowest BCUT2D eigenvalue weighted by atomic mass is 9.79. The van der Waals surface area contributed by atoms with E-state index in [1.54, 1.807) is 7.11 Å². The third kappa shape index (κ3) is 15.6. The summed E-state index contributed by atoms with van der Waals surface area (Å²) in [5.74, 6) is 0.311. The second-order valence-electron chi connectivity index (χ2n) is 12.1. The van der Waals surface area contributed by atoms with Crippen molar-refractivity contribution in [2.75, 3.05) is 33.8 Å². The van der Waals surface area contributed by atoms with Crippen LogP contribution in [0.4, 0.5) is 0 Å². The molecule has 0 aromatic heterocycles. The zero-order valence-electron chi connectivity index (χ0n) is 26.0. The van der Waals surface area contributed by atoms with Crippen LogP contribution in [0, 0.1) is 11.8 Å². The van der Waals surface area contributed by atoms with Crippen molar-refractivity contribution in [2.45, 2.75) is 128 Å². The minimum Gasteiger partial charge on any atom is -0.462 e. The first-order valence-corrected chi connectivity index (χ1v) is 16.0. The molecule has 2 rings (SSSR count). The number of hydrogen-bond donors (Lipinski definition) is 3. The molecule has 1 amide bonds. The number of ether oxygens (including phenoxy) is 3. The van der Waals surface area contributed by atoms with Crippen molar-refractivity contribution in [2.24, 2.45) is 11.8 Å². The van der Waals surface area contributed by atoms with Crippen LogP contribution < -0.4 is 16.0 Å². The summed E-state index contributed by atoms with van der Waals surface area (Å²) in [7, 11) is 3.54. The van der Waals surface area contributed by atoms with Crippen molar-refractivity contribution >= 4 is 17.8 Å². The maximum absolute atomic E-state index is 12.5. The second-order valence-corrected chi connectivity index (χ2v) is 12.1. The number of rotatable bonds is 17. The summed E-state index contributed by atoms with van der Waals surface area (Å²) in [6.07, 6.45) is 13.6. The van der Waals surface area contributed by atoms with Crippen LogP contribution in [0.3, 0.4) is 0 Å². The standard InChI is InChI=1S/C32H57N3O6/c1-24(13-16-30(36)35-20-19-34-25(2)23-33-3)21-26-14-15-28(29(22-26)39-4)41-32(38)18-17-31(37)40-27-11-9-7-5-6-8-10-12-27/h24,26-29,33-34H,2,5-23H2,1,3-4H3,(H,35,36)/t24-,26-,28+,29+/m0/s1. The van der Waals surface area contributed by atoms with Crippen LogP contribution in [0.15, 0.2) is 12.3 Å². The molecule has 2 aliphatic rings. The first kappa shape index (κ1) is 35.1. The van der Waals surface area contributed by atoms with Gasteiger partial charge in [-0.05, 0) is 76.7 Å². The van der Waals surface area contributed by atoms with Crippen LogP contribution in [0.25, 0.3) is 0 Å². The quantitative estimate of drug-likeness (QED) is 0.167. The summed E-state index contributed by atoms with van der Waals surface area (Å²) >= 11 is 0. The lowest BCUT2D eigenvalue weighted by molar-refractivity contribution is -0.164. The molecule has 0 unspecified atom stereocenters. The monoisotopic (exact) mass is 579 g/mol. The molecule has 2 aliphatic carbocycles. The van der Waals surface area contributed by atoms with Gasteiger partial charge in [0.2, 0.25) is 5.91 Å². The van der Waals surface area contributed by atoms with Gasteiger partial charge in [-0.15, -0.1) is 0 Å². The van der Waals surface area contributed by atoms with Gasteiger partial charge in [0.25, 0.3) is 0 Å². The number of carbonyl (C=O) groups is 3. The van der Waals surface area contributed by atoms with Crippen LogP contribution in [-0.4, -0.2) is 69.9 Å². The lowest BCUT2D eigenvalue weighted by Gasteiger charge is -2.35. The number of hydrogen-bond acceptors (Lipinski definition) is 8. The van der Waals surface area contributed by atoms with E-state index < -0.39 is 0 Å². The number of carbonyl (C=O) groups excluding carboxylic acids is 3. The van der Waals surface area contributed by atoms with Gasteiger partial charge in [0.1, 0.15) is 12.2 Å². The molecule has 0 radical (unpaired) electrons. The van der Waals surface area contributed by atoms with Crippen LogP contribution >= 0.6 is 0 Å². The van der Waals surface area contributed by atoms with E-state index in [4.69, 9.17) is 14.2 Å². The average Bonchev–Trinajstić information content (AvgIpc) is 3.08. The molecular weight excluding hydrogens is 522 g/mol. The largest absolute Gasteiger partial charge is 0.462 e. The highest BCUT2D eigenvalue weighted by Gasteiger charge is 2.34. The normalized spacial score (nSPS) is 22.9. The summed E-state index contributed by atoms with van der Waals surface area (Å²) in [5.41, 5.74) is 0.907. The van der Waals surface area contributed by atoms with Crippen molar-refractivity contribution in [3.8, 4) is 0 Å². The lowest BCUT2D eigenvalue weighted by Crippen LogP contribution is -2.39. The molecule has 9 heteroatoms. The summed E-state index contributed by atoms with van der Waals surface area (Å²) in [5, 5.41) is 9.17. The Labute approximate surface area is 248 Å². The summed E-state index contributed by atoms with van der Waals surface area (Å²) in [6, 6.07) is 0. The van der Waals surface area contributed by atoms with Crippen LogP contribution in [0.5, 0.6) is 0 Å². The highest BCUT2D eigenvalue weighted by molar-refractivity contribution is 5.78. The van der Waals surface area contributed by atoms with E-state index >= 15 is 0 Å². The molecular formula is C32H57N3O6. The van der Waals surface area contributed by atoms with Crippen LogP contribution in [0.2, 0.25) is 0 Å². The van der Waals surface area contributed by atoms with Crippen LogP contribution in [0.1, 0.15) is 110 Å². The molecule has 0 aliphatic heterocycles. The molecule has 2 fully saturated rings. The minimum atomic E-state index is -0.358. The Hall–Kier alpha value is -2.13. The van der Waals surface area contributed by atoms with E-state index in [0.717, 1.165) is 63.5 Å². The van der Waals surface area contributed by atoms with Gasteiger partial charge in [-0.25, -0.2) is 0 Å². The molecule has 41 heavy (non-hydrogen) atoms. The third-order valence-corrected chi connectivity index (χ3v) is 8.37. The second kappa shape index (κ2) is 20.7. The van der Waals surface area contributed by atoms with Gasteiger partial charge in [0.05, 0.1) is 18.9 Å². The van der Waals surface area contributed by atoms with Gasteiger partial charge in [-0.2, -0.15) is 0 Å². The predicted octanol–water partition coefficient (Wildman–Crippen LogP) is 4.79. The number of likely N-dealkylation sites (N-methyl/N-ethyl adjacent to an activating group) is 1. The van der Waals surface area contributed by atoms with E-state index in [9.17, 15) is 14.4 Å². The molecule has 3 N–H and O–H groups in total. The van der Waals surface area contributed by atoms with E-state index in [2.05, 4.69) is 29.5 Å². The number of nitrogens with one attached hydrogen (secondary N) is 3. The van der Waals surface area contributed by atoms with E-state index in [0.29, 0.717) is 37.9 Å². The maximum Gasteiger partial charge on any atom is 0.306 e. The molecule has 236 valence electrons. The van der Waals surface area contributed by atoms with E-state index in [-0.39, 0.29) is 49.0 Å². The fraction of sp³-hybridized carbons (Fsp3) is 0.844. The molecule has 2 saturated carbocycles. The molecule has 9 nitrogen and oxygen atoms in total. The molecule has 4 atom stereocenters. The molecule has 0 spiro atoms. The van der Waals surface area contributed by atoms with Crippen molar-refractivity contribution in [1.29, 1.82) is 0 Å². The first-order valence-electron chi connectivity index (χ1n) is 16.0. The van der Waals surface area contributed by atoms with Crippen molar-refractivity contribution in [3.63, 3.8) is 0 Å². The Balaban J connectivity index is 1.62. The van der Waals surface area contributed by atoms with Gasteiger partial charge in [0, 0.05) is 38.9 Å². The molecule has 0 bridgehead atoms. The summed E-state index contributed by atoms with van der Waals surface area (Å²) < 4.78 is 17.2. The zero-order valence-corrected chi connectivity index (χ0v) is 26.0. The molecule has 0 saturated heterocycles. The van der Waals surface area contributed by atoms with Gasteiger partial charge in [-0.1, -0.05) is 39.2 Å². The molecule has 0 aromatic rings. The van der Waals surface area contributed by atoms with Crippen LogP contribution in [-0.2, 0) is 28.6 Å². The smallest absolute Gasteiger partial charge is 0.306 e. The van der Waals surface area contributed by atoms with E-state index in [1.165, 1.54) is 25.7 Å². The number of esters is 2. The highest BCUT2D eigenvalue weighted by atomic mass is 16.6. The topological polar surface area (TPSA) is 115 Å². The Bertz CT molecular complexity index is 781. The number of methoxy groups -OCH3 is 1. The Kier molecular flexibility index (Phi) is 17.7. The van der Waals surface area contributed by atoms with Gasteiger partial charge >= 0.3 is 11.9 Å². The number of amides is 1. The third-order valence-electron chi connectivity index (χ3n) is 8.37. The molecule has 0 aromatic carbocycles. The minimum absolute atomic E-state index is 0.0157. The Morgan fingerprint density at radius 2 is 1.46 bits per heavy atom. The van der Waals surface area contributed by atoms with Gasteiger partial charge in [0.15, 0.2) is 0 Å². The van der Waals surface area contributed by atoms with Crippen molar-refractivity contribution in [1.82, 2.24) is 16.0 Å². The first-order chi connectivity index (χ1) is 19.8. The van der Waals surface area contributed by atoms with Gasteiger partial charge in [-0.3, -0.25) is 14.4 Å². The zero-order chi connectivity index (χ0) is 29.9. The highest BCUT2D eigenvalue weighted by Crippen LogP contribution is 2.33. The fourth-order valence-electron chi connectivity index (χ4n) is 6.04. The average molecular weight is 580 g/mol. The Morgan fingerprint density at radius 3 is 2.12 bits per heavy atom. The maximum atomic E-state index is 12.5. The molecule has 0 heterocycles. The van der Waals surface area contributed by atoms with E-state index in [1.807, 2.05) is 7.05 Å². The predicted molar refractivity (Wildman–Crippen MR) is 161 cm³/mol. The van der Waals surface area contributed by atoms with Crippen molar-refractivity contribution in [3.05, 3.63) is 12.3 Å². The van der Waals surface area contributed by atoms with Gasteiger partial charge < -0.3 is 30.2 Å². The van der Waals surface area contributed by atoms with Crippen molar-refractivity contribution < 1.29 is 28.6 Å². The fourth-order valence-corrected chi connectivity index (χ4v) is 6.04. The SMILES string of the molecule is C=C(CNC)NCCNC(=O)CC[C@H](C)C[C@@H]1CC[C@@H](OC(=O)CCC(=O)OC2CCCCCCCC2)[C@H](OC)C1.